The second-order valence-electron chi connectivity index (χ2n) is 7.62. The maximum atomic E-state index is 13.1. The lowest BCUT2D eigenvalue weighted by molar-refractivity contribution is -0.132. The first-order valence-corrected chi connectivity index (χ1v) is 11.5. The van der Waals surface area contributed by atoms with E-state index in [-0.39, 0.29) is 24.9 Å². The van der Waals surface area contributed by atoms with Crippen LogP contribution in [0.15, 0.2) is 66.7 Å². The molecule has 0 fully saturated rings. The summed E-state index contributed by atoms with van der Waals surface area (Å²) >= 11 is 0. The van der Waals surface area contributed by atoms with Gasteiger partial charge in [0.25, 0.3) is 0 Å². The van der Waals surface area contributed by atoms with E-state index in [1.165, 1.54) is 12.2 Å². The van der Waals surface area contributed by atoms with Crippen molar-refractivity contribution in [3.8, 4) is 0 Å². The van der Waals surface area contributed by atoms with Gasteiger partial charge in [0.1, 0.15) is 0 Å². The van der Waals surface area contributed by atoms with Crippen LogP contribution in [0.1, 0.15) is 25.1 Å². The van der Waals surface area contributed by atoms with Crippen molar-refractivity contribution in [2.24, 2.45) is 13.0 Å². The summed E-state index contributed by atoms with van der Waals surface area (Å²) in [7, 11) is -1.85. The summed E-state index contributed by atoms with van der Waals surface area (Å²) in [6, 6.07) is 13.1. The van der Waals surface area contributed by atoms with E-state index in [0.717, 1.165) is 21.0 Å². The molecule has 1 aromatic carbocycles. The number of nitrogens with zero attached hydrogens (tertiary/aromatic N) is 3. The Kier molecular flexibility index (Phi) is 8.62. The van der Waals surface area contributed by atoms with Crippen molar-refractivity contribution in [1.29, 1.82) is 0 Å². The molecule has 1 amide bonds. The maximum absolute atomic E-state index is 13.1. The fourth-order valence-electron chi connectivity index (χ4n) is 3.02. The molecule has 0 radical (unpaired) electrons. The number of hydrogen-bond acceptors (Lipinski definition) is 3. The highest BCUT2D eigenvalue weighted by atomic mass is 32.2. The molecule has 7 heteroatoms. The van der Waals surface area contributed by atoms with Gasteiger partial charge in [-0.3, -0.25) is 4.79 Å². The van der Waals surface area contributed by atoms with E-state index in [1.54, 1.807) is 4.90 Å². The molecule has 2 aromatic rings. The molecule has 2 rings (SSSR count). The predicted octanol–water partition coefficient (Wildman–Crippen LogP) is 3.50. The zero-order chi connectivity index (χ0) is 22.1. The molecule has 0 unspecified atom stereocenters. The molecular weight excluding hydrogens is 398 g/mol. The van der Waals surface area contributed by atoms with Crippen molar-refractivity contribution in [3.05, 3.63) is 78.0 Å². The number of hydrogen-bond donors (Lipinski definition) is 0. The first-order chi connectivity index (χ1) is 14.2. The molecule has 0 aliphatic heterocycles. The Morgan fingerprint density at radius 1 is 1.17 bits per heavy atom. The summed E-state index contributed by atoms with van der Waals surface area (Å²) in [5, 5.41) is 1.14. The van der Waals surface area contributed by atoms with E-state index in [4.69, 9.17) is 0 Å². The maximum Gasteiger partial charge on any atom is 0.238 e. The van der Waals surface area contributed by atoms with Crippen molar-refractivity contribution in [1.82, 2.24) is 13.8 Å². The minimum Gasteiger partial charge on any atom is -0.353 e. The van der Waals surface area contributed by atoms with E-state index in [1.807, 2.05) is 74.1 Å². The average Bonchev–Trinajstić information content (AvgIpc) is 3.10. The first kappa shape index (κ1) is 23.6. The highest BCUT2D eigenvalue weighted by Gasteiger charge is 2.25. The van der Waals surface area contributed by atoms with Gasteiger partial charge in [-0.15, -0.1) is 6.58 Å². The van der Waals surface area contributed by atoms with E-state index in [0.29, 0.717) is 13.1 Å². The van der Waals surface area contributed by atoms with Gasteiger partial charge in [0.05, 0.1) is 13.1 Å². The van der Waals surface area contributed by atoms with Crippen LogP contribution in [0.4, 0.5) is 0 Å². The van der Waals surface area contributed by atoms with Crippen molar-refractivity contribution >= 4 is 22.0 Å². The summed E-state index contributed by atoms with van der Waals surface area (Å²) in [5.74, 6) is 0.0279. The van der Waals surface area contributed by atoms with Crippen LogP contribution < -0.4 is 0 Å². The lowest BCUT2D eigenvalue weighted by atomic mass is 10.2. The van der Waals surface area contributed by atoms with Crippen molar-refractivity contribution < 1.29 is 13.2 Å². The van der Waals surface area contributed by atoms with E-state index in [9.17, 15) is 13.2 Å². The van der Waals surface area contributed by atoms with Gasteiger partial charge in [-0.25, -0.2) is 8.42 Å². The number of carbonyl (C=O) groups excluding carboxylic acids is 1. The Hall–Kier alpha value is -2.64. The van der Waals surface area contributed by atoms with Crippen molar-refractivity contribution in [3.63, 3.8) is 0 Å². The number of rotatable bonds is 11. The zero-order valence-electron chi connectivity index (χ0n) is 17.9. The topological polar surface area (TPSA) is 62.6 Å². The van der Waals surface area contributed by atoms with Crippen molar-refractivity contribution in [2.75, 3.05) is 19.6 Å². The number of aryl methyl sites for hydroxylation is 1. The molecule has 0 aliphatic rings. The van der Waals surface area contributed by atoms with Crippen LogP contribution in [0.3, 0.4) is 0 Å². The smallest absolute Gasteiger partial charge is 0.238 e. The third kappa shape index (κ3) is 7.00. The molecule has 0 spiro atoms. The van der Waals surface area contributed by atoms with Gasteiger partial charge in [-0.2, -0.15) is 4.31 Å². The molecule has 0 saturated heterocycles. The normalized spacial score (nSPS) is 12.0. The number of carbonyl (C=O) groups is 1. The number of sulfonamides is 1. The lowest BCUT2D eigenvalue weighted by Gasteiger charge is -2.27. The van der Waals surface area contributed by atoms with Crippen molar-refractivity contribution in [2.45, 2.75) is 20.4 Å². The van der Waals surface area contributed by atoms with Crippen LogP contribution in [-0.2, 0) is 28.4 Å². The van der Waals surface area contributed by atoms with E-state index in [2.05, 4.69) is 6.58 Å². The molecule has 1 aromatic heterocycles. The summed E-state index contributed by atoms with van der Waals surface area (Å²) in [4.78, 5) is 14.8. The molecule has 0 atom stereocenters. The Morgan fingerprint density at radius 3 is 2.43 bits per heavy atom. The zero-order valence-corrected chi connectivity index (χ0v) is 18.8. The molecule has 162 valence electrons. The fraction of sp³-hybridized carbons (Fsp3) is 0.348. The molecule has 1 heterocycles. The third-order valence-electron chi connectivity index (χ3n) is 4.58. The van der Waals surface area contributed by atoms with Gasteiger partial charge < -0.3 is 9.47 Å². The SMILES string of the molecule is C=CCN(CC(=O)N(Cc1cccn1C)CC(C)C)S(=O)(=O)/C=C/c1ccccc1. The molecule has 0 aliphatic carbocycles. The number of amides is 1. The minimum absolute atomic E-state index is 0.0624. The Bertz CT molecular complexity index is 963. The highest BCUT2D eigenvalue weighted by Crippen LogP contribution is 2.12. The van der Waals surface area contributed by atoms with Gasteiger partial charge in [-0.05, 0) is 29.7 Å². The van der Waals surface area contributed by atoms with Gasteiger partial charge in [0.15, 0.2) is 0 Å². The van der Waals surface area contributed by atoms with E-state index >= 15 is 0 Å². The molecular formula is C23H31N3O3S. The fourth-order valence-corrected chi connectivity index (χ4v) is 4.12. The Morgan fingerprint density at radius 2 is 1.87 bits per heavy atom. The molecule has 6 nitrogen and oxygen atoms in total. The average molecular weight is 430 g/mol. The Balaban J connectivity index is 2.19. The summed E-state index contributed by atoms with van der Waals surface area (Å²) in [6.07, 6.45) is 4.95. The molecule has 0 bridgehead atoms. The molecule has 0 saturated carbocycles. The van der Waals surface area contributed by atoms with Crippen LogP contribution in [0, 0.1) is 5.92 Å². The predicted molar refractivity (Wildman–Crippen MR) is 122 cm³/mol. The molecule has 0 N–H and O–H groups in total. The van der Waals surface area contributed by atoms with Crippen LogP contribution in [-0.4, -0.2) is 47.7 Å². The second-order valence-corrected chi connectivity index (χ2v) is 9.44. The monoisotopic (exact) mass is 429 g/mol. The van der Waals surface area contributed by atoms with Crippen LogP contribution >= 0.6 is 0 Å². The molecule has 30 heavy (non-hydrogen) atoms. The number of aromatic nitrogens is 1. The van der Waals surface area contributed by atoms with Gasteiger partial charge >= 0.3 is 0 Å². The van der Waals surface area contributed by atoms with Gasteiger partial charge in [-0.1, -0.05) is 50.3 Å². The van der Waals surface area contributed by atoms with E-state index < -0.39 is 10.0 Å². The summed E-state index contributed by atoms with van der Waals surface area (Å²) < 4.78 is 28.8. The largest absolute Gasteiger partial charge is 0.353 e. The Labute approximate surface area is 180 Å². The van der Waals surface area contributed by atoms with Crippen LogP contribution in [0.2, 0.25) is 0 Å². The minimum atomic E-state index is -3.78. The first-order valence-electron chi connectivity index (χ1n) is 9.95. The second kappa shape index (κ2) is 10.9. The van der Waals surface area contributed by atoms with Gasteiger partial charge in [0, 0.05) is 37.4 Å². The number of benzene rings is 1. The third-order valence-corrected chi connectivity index (χ3v) is 6.06. The summed E-state index contributed by atoms with van der Waals surface area (Å²) in [6.45, 7) is 8.53. The highest BCUT2D eigenvalue weighted by molar-refractivity contribution is 7.92. The summed E-state index contributed by atoms with van der Waals surface area (Å²) in [5.41, 5.74) is 1.77. The standard InChI is InChI=1S/C23H31N3O3S/c1-5-14-26(30(28,29)16-13-21-10-7-6-8-11-21)19-23(27)25(17-20(2)3)18-22-12-9-15-24(22)4/h5-13,15-16,20H,1,14,17-19H2,2-4H3/b16-13+. The van der Waals surface area contributed by atoms with Gasteiger partial charge in [0.2, 0.25) is 15.9 Å². The lowest BCUT2D eigenvalue weighted by Crippen LogP contribution is -2.43. The quantitative estimate of drug-likeness (QED) is 0.514. The van der Waals surface area contributed by atoms with Crippen LogP contribution in [0.25, 0.3) is 6.08 Å². The van der Waals surface area contributed by atoms with Crippen LogP contribution in [0.5, 0.6) is 0 Å².